The third-order valence-electron chi connectivity index (χ3n) is 3.34. The fourth-order valence-electron chi connectivity index (χ4n) is 2.19. The summed E-state index contributed by atoms with van der Waals surface area (Å²) in [6.07, 6.45) is 0. The molecule has 1 aliphatic rings. The molecule has 1 aromatic rings. The zero-order valence-corrected chi connectivity index (χ0v) is 13.3. The van der Waals surface area contributed by atoms with Gasteiger partial charge in [0.15, 0.2) is 0 Å². The van der Waals surface area contributed by atoms with Crippen molar-refractivity contribution in [3.05, 3.63) is 34.9 Å². The molecule has 0 bridgehead atoms. The lowest BCUT2D eigenvalue weighted by Gasteiger charge is -2.14. The number of rotatable bonds is 7. The molecule has 7 nitrogen and oxygen atoms in total. The molecule has 0 spiro atoms. The summed E-state index contributed by atoms with van der Waals surface area (Å²) in [6.45, 7) is 2.06. The van der Waals surface area contributed by atoms with Crippen LogP contribution in [0, 0.1) is 6.92 Å². The van der Waals surface area contributed by atoms with E-state index in [1.54, 1.807) is 18.2 Å². The van der Waals surface area contributed by atoms with Crippen LogP contribution in [0.15, 0.2) is 18.2 Å². The minimum absolute atomic E-state index is 0.153. The fourth-order valence-corrected chi connectivity index (χ4v) is 3.15. The van der Waals surface area contributed by atoms with E-state index in [4.69, 9.17) is 4.74 Å². The highest BCUT2D eigenvalue weighted by Gasteiger charge is 2.35. The number of methoxy groups -OCH3 is 1. The van der Waals surface area contributed by atoms with Crippen LogP contribution in [0.25, 0.3) is 0 Å². The number of fused-ring (bicyclic) bond motifs is 1. The lowest BCUT2D eigenvalue weighted by atomic mass is 10.1. The number of carbonyl (C=O) groups excluding carboxylic acids is 2. The molecule has 2 amide bonds. The topological polar surface area (TPSA) is 92.8 Å². The van der Waals surface area contributed by atoms with Gasteiger partial charge >= 0.3 is 0 Å². The number of benzene rings is 1. The number of carbonyl (C=O) groups is 2. The van der Waals surface area contributed by atoms with Crippen LogP contribution in [0.4, 0.5) is 0 Å². The van der Waals surface area contributed by atoms with Crippen LogP contribution in [0.2, 0.25) is 0 Å². The van der Waals surface area contributed by atoms with E-state index in [-0.39, 0.29) is 25.4 Å². The molecule has 0 unspecified atom stereocenters. The van der Waals surface area contributed by atoms with Crippen LogP contribution < -0.4 is 4.72 Å². The summed E-state index contributed by atoms with van der Waals surface area (Å²) >= 11 is 0. The van der Waals surface area contributed by atoms with Crippen LogP contribution in [-0.2, 0) is 14.8 Å². The molecule has 8 heteroatoms. The maximum Gasteiger partial charge on any atom is 0.261 e. The molecule has 1 aliphatic heterocycles. The summed E-state index contributed by atoms with van der Waals surface area (Å²) in [7, 11) is -2.09. The maximum absolute atomic E-state index is 12.2. The molecule has 1 aromatic carbocycles. The highest BCUT2D eigenvalue weighted by molar-refractivity contribution is 7.89. The number of amides is 2. The van der Waals surface area contributed by atoms with Crippen molar-refractivity contribution in [1.82, 2.24) is 9.62 Å². The predicted octanol–water partition coefficient (Wildman–Crippen LogP) is 0.157. The molecule has 0 aromatic heterocycles. The average Bonchev–Trinajstić information content (AvgIpc) is 2.69. The van der Waals surface area contributed by atoms with Gasteiger partial charge in [0.25, 0.3) is 11.8 Å². The Balaban J connectivity index is 2.03. The van der Waals surface area contributed by atoms with Crippen molar-refractivity contribution >= 4 is 21.8 Å². The Hall–Kier alpha value is -1.77. The van der Waals surface area contributed by atoms with Gasteiger partial charge in [-0.05, 0) is 19.1 Å². The third kappa shape index (κ3) is 3.52. The summed E-state index contributed by atoms with van der Waals surface area (Å²) in [5.74, 6) is -1.23. The van der Waals surface area contributed by atoms with E-state index in [0.29, 0.717) is 11.1 Å². The molecule has 0 aliphatic carbocycles. The molecule has 120 valence electrons. The number of hydrogen-bond acceptors (Lipinski definition) is 5. The minimum Gasteiger partial charge on any atom is -0.383 e. The van der Waals surface area contributed by atoms with E-state index in [1.807, 2.05) is 6.92 Å². The van der Waals surface area contributed by atoms with E-state index < -0.39 is 21.8 Å². The Kier molecular flexibility index (Phi) is 4.94. The van der Waals surface area contributed by atoms with Gasteiger partial charge in [0, 0.05) is 20.2 Å². The van der Waals surface area contributed by atoms with Crippen molar-refractivity contribution in [2.75, 3.05) is 32.6 Å². The molecule has 22 heavy (non-hydrogen) atoms. The monoisotopic (exact) mass is 326 g/mol. The third-order valence-corrected chi connectivity index (χ3v) is 4.70. The highest BCUT2D eigenvalue weighted by Crippen LogP contribution is 2.23. The summed E-state index contributed by atoms with van der Waals surface area (Å²) in [5.41, 5.74) is 1.52. The lowest BCUT2D eigenvalue weighted by molar-refractivity contribution is 0.0664. The molecule has 0 atom stereocenters. The first kappa shape index (κ1) is 16.6. The van der Waals surface area contributed by atoms with Crippen LogP contribution in [0.1, 0.15) is 26.3 Å². The van der Waals surface area contributed by atoms with Crippen LogP contribution in [0.5, 0.6) is 0 Å². The Morgan fingerprint density at radius 3 is 2.55 bits per heavy atom. The smallest absolute Gasteiger partial charge is 0.261 e. The summed E-state index contributed by atoms with van der Waals surface area (Å²) in [5, 5.41) is 0. The molecule has 1 heterocycles. The Morgan fingerprint density at radius 2 is 1.86 bits per heavy atom. The van der Waals surface area contributed by atoms with Gasteiger partial charge in [0.05, 0.1) is 23.5 Å². The Bertz CT molecular complexity index is 699. The van der Waals surface area contributed by atoms with Gasteiger partial charge in [-0.1, -0.05) is 11.6 Å². The first-order valence-electron chi connectivity index (χ1n) is 6.79. The van der Waals surface area contributed by atoms with E-state index in [0.717, 1.165) is 10.5 Å². The zero-order valence-electron chi connectivity index (χ0n) is 12.5. The van der Waals surface area contributed by atoms with Gasteiger partial charge in [0.1, 0.15) is 0 Å². The number of imide groups is 1. The summed E-state index contributed by atoms with van der Waals surface area (Å²) in [4.78, 5) is 25.3. The van der Waals surface area contributed by atoms with E-state index in [2.05, 4.69) is 4.72 Å². The molecule has 1 N–H and O–H groups in total. The number of ether oxygens (including phenoxy) is 1. The van der Waals surface area contributed by atoms with Gasteiger partial charge in [-0.15, -0.1) is 0 Å². The number of nitrogens with one attached hydrogen (secondary N) is 1. The van der Waals surface area contributed by atoms with Crippen molar-refractivity contribution in [3.63, 3.8) is 0 Å². The van der Waals surface area contributed by atoms with Crippen LogP contribution in [-0.4, -0.2) is 57.7 Å². The van der Waals surface area contributed by atoms with E-state index >= 15 is 0 Å². The van der Waals surface area contributed by atoms with Crippen molar-refractivity contribution in [1.29, 1.82) is 0 Å². The SMILES string of the molecule is COCCNS(=O)(=O)CCN1C(=O)c2ccc(C)cc2C1=O. The van der Waals surface area contributed by atoms with Crippen LogP contribution in [0.3, 0.4) is 0 Å². The summed E-state index contributed by atoms with van der Waals surface area (Å²) in [6, 6.07) is 4.98. The minimum atomic E-state index is -3.56. The first-order valence-corrected chi connectivity index (χ1v) is 8.44. The van der Waals surface area contributed by atoms with Crippen molar-refractivity contribution in [2.24, 2.45) is 0 Å². The number of aryl methyl sites for hydroxylation is 1. The van der Waals surface area contributed by atoms with Gasteiger partial charge < -0.3 is 4.74 Å². The van der Waals surface area contributed by atoms with Gasteiger partial charge in [-0.2, -0.15) is 0 Å². The largest absolute Gasteiger partial charge is 0.383 e. The van der Waals surface area contributed by atoms with Gasteiger partial charge in [-0.3, -0.25) is 14.5 Å². The van der Waals surface area contributed by atoms with E-state index in [1.165, 1.54) is 7.11 Å². The van der Waals surface area contributed by atoms with Crippen molar-refractivity contribution in [3.8, 4) is 0 Å². The second-order valence-electron chi connectivity index (χ2n) is 5.02. The molecule has 2 rings (SSSR count). The predicted molar refractivity (Wildman–Crippen MR) is 80.2 cm³/mol. The maximum atomic E-state index is 12.2. The highest BCUT2D eigenvalue weighted by atomic mass is 32.2. The molecule has 0 fully saturated rings. The van der Waals surface area contributed by atoms with Gasteiger partial charge in [-0.25, -0.2) is 13.1 Å². The first-order chi connectivity index (χ1) is 10.4. The lowest BCUT2D eigenvalue weighted by Crippen LogP contribution is -2.38. The van der Waals surface area contributed by atoms with Crippen LogP contribution >= 0.6 is 0 Å². The molecular formula is C14H18N2O5S. The fraction of sp³-hybridized carbons (Fsp3) is 0.429. The average molecular weight is 326 g/mol. The molecular weight excluding hydrogens is 308 g/mol. The molecule has 0 saturated carbocycles. The second kappa shape index (κ2) is 6.55. The van der Waals surface area contributed by atoms with E-state index in [9.17, 15) is 18.0 Å². The van der Waals surface area contributed by atoms with Crippen molar-refractivity contribution in [2.45, 2.75) is 6.92 Å². The standard InChI is InChI=1S/C14H18N2O5S/c1-10-3-4-11-12(9-10)14(18)16(13(11)17)6-8-22(19,20)15-5-7-21-2/h3-4,9,15H,5-8H2,1-2H3. The Morgan fingerprint density at radius 1 is 1.18 bits per heavy atom. The Labute approximate surface area is 129 Å². The normalized spacial score (nSPS) is 14.5. The summed E-state index contributed by atoms with van der Waals surface area (Å²) < 4.78 is 30.7. The number of hydrogen-bond donors (Lipinski definition) is 1. The number of nitrogens with zero attached hydrogens (tertiary/aromatic N) is 1. The van der Waals surface area contributed by atoms with Crippen molar-refractivity contribution < 1.29 is 22.7 Å². The molecule has 0 saturated heterocycles. The van der Waals surface area contributed by atoms with Gasteiger partial charge in [0.2, 0.25) is 10.0 Å². The number of sulfonamides is 1. The second-order valence-corrected chi connectivity index (χ2v) is 6.94. The quantitative estimate of drug-likeness (QED) is 0.569. The zero-order chi connectivity index (χ0) is 16.3. The molecule has 0 radical (unpaired) electrons.